The van der Waals surface area contributed by atoms with Crippen LogP contribution in [-0.2, 0) is 12.2 Å². The number of nitrogens with zero attached hydrogens (tertiary/aromatic N) is 2. The summed E-state index contributed by atoms with van der Waals surface area (Å²) in [5.74, 6) is 0.528. The van der Waals surface area contributed by atoms with E-state index in [1.165, 1.54) is 10.9 Å². The van der Waals surface area contributed by atoms with Crippen LogP contribution in [0.3, 0.4) is 0 Å². The Balaban J connectivity index is 1.73. The Hall–Kier alpha value is -2.65. The van der Waals surface area contributed by atoms with Crippen LogP contribution in [0.25, 0.3) is 5.00 Å². The van der Waals surface area contributed by atoms with Crippen molar-refractivity contribution in [1.29, 1.82) is 0 Å². The third kappa shape index (κ3) is 3.35. The minimum absolute atomic E-state index is 0.191. The predicted molar refractivity (Wildman–Crippen MR) is 105 cm³/mol. The van der Waals surface area contributed by atoms with Crippen molar-refractivity contribution in [2.75, 3.05) is 11.1 Å². The SMILES string of the molecule is O=C(Nc1ccc(F)c([N+](=O)[O-])c1)c1c(-n2cccc2)sc2c1CCSC2. The van der Waals surface area contributed by atoms with E-state index in [-0.39, 0.29) is 11.6 Å². The number of carbonyl (C=O) groups excluding carboxylic acids is 1. The van der Waals surface area contributed by atoms with E-state index < -0.39 is 16.4 Å². The Morgan fingerprint density at radius 1 is 1.30 bits per heavy atom. The van der Waals surface area contributed by atoms with E-state index in [9.17, 15) is 19.3 Å². The van der Waals surface area contributed by atoms with Crippen LogP contribution < -0.4 is 5.32 Å². The van der Waals surface area contributed by atoms with Crippen molar-refractivity contribution in [3.8, 4) is 5.00 Å². The molecule has 0 saturated heterocycles. The fourth-order valence-corrected chi connectivity index (χ4v) is 5.47. The molecular weight excluding hydrogens is 389 g/mol. The van der Waals surface area contributed by atoms with Crippen molar-refractivity contribution >= 4 is 40.4 Å². The molecule has 4 rings (SSSR count). The van der Waals surface area contributed by atoms with Gasteiger partial charge in [-0.1, -0.05) is 0 Å². The predicted octanol–water partition coefficient (Wildman–Crippen LogP) is 4.63. The fraction of sp³-hybridized carbons (Fsp3) is 0.167. The van der Waals surface area contributed by atoms with Gasteiger partial charge < -0.3 is 9.88 Å². The van der Waals surface area contributed by atoms with Gasteiger partial charge in [0.25, 0.3) is 5.91 Å². The van der Waals surface area contributed by atoms with Gasteiger partial charge in [0.05, 0.1) is 10.5 Å². The van der Waals surface area contributed by atoms with Gasteiger partial charge in [0.1, 0.15) is 5.00 Å². The number of amides is 1. The highest BCUT2D eigenvalue weighted by Crippen LogP contribution is 2.38. The number of hydrogen-bond donors (Lipinski definition) is 1. The topological polar surface area (TPSA) is 77.2 Å². The lowest BCUT2D eigenvalue weighted by Gasteiger charge is -2.13. The summed E-state index contributed by atoms with van der Waals surface area (Å²) in [5, 5.41) is 14.5. The van der Waals surface area contributed by atoms with Crippen LogP contribution in [0.15, 0.2) is 42.7 Å². The van der Waals surface area contributed by atoms with Crippen LogP contribution in [0, 0.1) is 15.9 Å². The first kappa shape index (κ1) is 17.7. The van der Waals surface area contributed by atoms with Crippen LogP contribution >= 0.6 is 23.1 Å². The van der Waals surface area contributed by atoms with Crippen molar-refractivity contribution in [2.45, 2.75) is 12.2 Å². The average Bonchev–Trinajstić information content (AvgIpc) is 3.30. The summed E-state index contributed by atoms with van der Waals surface area (Å²) in [6.45, 7) is 0. The Kier molecular flexibility index (Phi) is 4.71. The first-order valence-corrected chi connectivity index (χ1v) is 10.1. The molecule has 3 aromatic rings. The van der Waals surface area contributed by atoms with Crippen LogP contribution in [-0.4, -0.2) is 21.2 Å². The van der Waals surface area contributed by atoms with E-state index >= 15 is 0 Å². The standard InChI is InChI=1S/C18H14FN3O3S2/c19-13-4-3-11(9-14(13)22(24)25)20-17(23)16-12-5-8-26-10-15(12)27-18(16)21-6-1-2-7-21/h1-4,6-7,9H,5,8,10H2,(H,20,23). The molecule has 0 fully saturated rings. The van der Waals surface area contributed by atoms with Gasteiger partial charge in [-0.15, -0.1) is 11.3 Å². The summed E-state index contributed by atoms with van der Waals surface area (Å²) in [4.78, 5) is 24.3. The van der Waals surface area contributed by atoms with E-state index in [4.69, 9.17) is 0 Å². The summed E-state index contributed by atoms with van der Waals surface area (Å²) >= 11 is 3.41. The number of benzene rings is 1. The number of aromatic nitrogens is 1. The zero-order valence-electron chi connectivity index (χ0n) is 14.0. The number of thiophene rings is 1. The summed E-state index contributed by atoms with van der Waals surface area (Å²) in [6.07, 6.45) is 4.55. The van der Waals surface area contributed by atoms with Crippen LogP contribution in [0.4, 0.5) is 15.8 Å². The molecule has 138 valence electrons. The molecule has 0 saturated carbocycles. The number of halogens is 1. The molecule has 1 aliphatic heterocycles. The molecule has 27 heavy (non-hydrogen) atoms. The van der Waals surface area contributed by atoms with Gasteiger partial charge in [0, 0.05) is 34.8 Å². The van der Waals surface area contributed by atoms with E-state index in [0.29, 0.717) is 5.56 Å². The van der Waals surface area contributed by atoms with Gasteiger partial charge in [-0.3, -0.25) is 14.9 Å². The highest BCUT2D eigenvalue weighted by Gasteiger charge is 2.27. The van der Waals surface area contributed by atoms with Gasteiger partial charge >= 0.3 is 5.69 Å². The van der Waals surface area contributed by atoms with Crippen molar-refractivity contribution < 1.29 is 14.1 Å². The molecule has 1 amide bonds. The Labute approximate surface area is 162 Å². The van der Waals surface area contributed by atoms with Gasteiger partial charge in [-0.2, -0.15) is 16.2 Å². The molecule has 0 radical (unpaired) electrons. The third-order valence-electron chi connectivity index (χ3n) is 4.27. The highest BCUT2D eigenvalue weighted by atomic mass is 32.2. The lowest BCUT2D eigenvalue weighted by atomic mass is 10.1. The number of rotatable bonds is 4. The van der Waals surface area contributed by atoms with Gasteiger partial charge in [0.2, 0.25) is 5.82 Å². The molecule has 0 aliphatic carbocycles. The summed E-state index contributed by atoms with van der Waals surface area (Å²) in [6, 6.07) is 7.12. The number of nitro benzene ring substituents is 1. The molecule has 1 N–H and O–H groups in total. The number of nitrogens with one attached hydrogen (secondary N) is 1. The average molecular weight is 403 g/mol. The monoisotopic (exact) mass is 403 g/mol. The van der Waals surface area contributed by atoms with E-state index in [0.717, 1.165) is 40.6 Å². The molecule has 1 aromatic carbocycles. The zero-order chi connectivity index (χ0) is 19.0. The molecule has 6 nitrogen and oxygen atoms in total. The van der Waals surface area contributed by atoms with E-state index in [2.05, 4.69) is 5.32 Å². The number of hydrogen-bond acceptors (Lipinski definition) is 5. The maximum atomic E-state index is 13.5. The molecular formula is C18H14FN3O3S2. The molecule has 0 spiro atoms. The second-order valence-electron chi connectivity index (χ2n) is 5.95. The minimum atomic E-state index is -0.934. The van der Waals surface area contributed by atoms with Crippen LogP contribution in [0.5, 0.6) is 0 Å². The van der Waals surface area contributed by atoms with Gasteiger partial charge in [-0.25, -0.2) is 0 Å². The fourth-order valence-electron chi connectivity index (χ4n) is 3.03. The smallest absolute Gasteiger partial charge is 0.306 e. The largest absolute Gasteiger partial charge is 0.322 e. The van der Waals surface area contributed by atoms with Crippen LogP contribution in [0.2, 0.25) is 0 Å². The normalized spacial score (nSPS) is 13.2. The zero-order valence-corrected chi connectivity index (χ0v) is 15.6. The number of thioether (sulfide) groups is 1. The third-order valence-corrected chi connectivity index (χ3v) is 6.68. The number of carbonyl (C=O) groups is 1. The van der Waals surface area contributed by atoms with Crippen molar-refractivity contribution in [1.82, 2.24) is 4.57 Å². The molecule has 0 unspecified atom stereocenters. The molecule has 3 heterocycles. The molecule has 0 bridgehead atoms. The maximum absolute atomic E-state index is 13.5. The first-order valence-electron chi connectivity index (χ1n) is 8.15. The Morgan fingerprint density at radius 2 is 2.07 bits per heavy atom. The first-order chi connectivity index (χ1) is 13.0. The van der Waals surface area contributed by atoms with Gasteiger partial charge in [0.15, 0.2) is 0 Å². The lowest BCUT2D eigenvalue weighted by Crippen LogP contribution is -2.16. The molecule has 0 atom stereocenters. The molecule has 2 aromatic heterocycles. The number of fused-ring (bicyclic) bond motifs is 1. The second kappa shape index (κ2) is 7.16. The van der Waals surface area contributed by atoms with Crippen molar-refractivity contribution in [2.24, 2.45) is 0 Å². The summed E-state index contributed by atoms with van der Waals surface area (Å²) < 4.78 is 15.4. The van der Waals surface area contributed by atoms with E-state index in [1.54, 1.807) is 11.3 Å². The lowest BCUT2D eigenvalue weighted by molar-refractivity contribution is -0.387. The van der Waals surface area contributed by atoms with E-state index in [1.807, 2.05) is 40.9 Å². The van der Waals surface area contributed by atoms with Crippen molar-refractivity contribution in [3.63, 3.8) is 0 Å². The summed E-state index contributed by atoms with van der Waals surface area (Å²) in [5.41, 5.74) is 1.13. The number of nitro groups is 1. The van der Waals surface area contributed by atoms with Crippen molar-refractivity contribution in [3.05, 3.63) is 74.7 Å². The Bertz CT molecular complexity index is 1030. The minimum Gasteiger partial charge on any atom is -0.322 e. The molecule has 9 heteroatoms. The Morgan fingerprint density at radius 3 is 2.81 bits per heavy atom. The highest BCUT2D eigenvalue weighted by molar-refractivity contribution is 7.98. The second-order valence-corrected chi connectivity index (χ2v) is 8.14. The summed E-state index contributed by atoms with van der Waals surface area (Å²) in [7, 11) is 0. The molecule has 1 aliphatic rings. The quantitative estimate of drug-likeness (QED) is 0.509. The maximum Gasteiger partial charge on any atom is 0.306 e. The number of anilines is 1. The van der Waals surface area contributed by atoms with Gasteiger partial charge in [-0.05, 0) is 42.0 Å². The van der Waals surface area contributed by atoms with Crippen LogP contribution in [0.1, 0.15) is 20.8 Å².